The monoisotopic (exact) mass is 311 g/mol. The molecule has 0 radical (unpaired) electrons. The molecule has 0 spiro atoms. The second-order valence-corrected chi connectivity index (χ2v) is 6.20. The van der Waals surface area contributed by atoms with Crippen molar-refractivity contribution in [2.24, 2.45) is 5.84 Å². The summed E-state index contributed by atoms with van der Waals surface area (Å²) >= 11 is 5.99. The van der Waals surface area contributed by atoms with Crippen LogP contribution in [0.4, 0.5) is 5.69 Å². The number of nitrogen functional groups attached to an aromatic ring is 1. The Bertz CT molecular complexity index is 704. The Morgan fingerprint density at radius 1 is 1.05 bits per heavy atom. The normalized spacial score (nSPS) is 11.3. The van der Waals surface area contributed by atoms with E-state index in [1.165, 1.54) is 6.07 Å². The summed E-state index contributed by atoms with van der Waals surface area (Å²) in [5.74, 6) is 5.32. The van der Waals surface area contributed by atoms with Crippen LogP contribution < -0.4 is 16.0 Å². The van der Waals surface area contributed by atoms with Crippen molar-refractivity contribution in [1.82, 2.24) is 4.72 Å². The van der Waals surface area contributed by atoms with Crippen molar-refractivity contribution < 1.29 is 8.42 Å². The van der Waals surface area contributed by atoms with Crippen molar-refractivity contribution >= 4 is 27.3 Å². The SMILES string of the molecule is NNc1ccccc1S(=O)(=O)NCc1ccccc1Cl. The molecular weight excluding hydrogens is 298 g/mol. The summed E-state index contributed by atoms with van der Waals surface area (Å²) in [6, 6.07) is 13.4. The van der Waals surface area contributed by atoms with Crippen LogP contribution in [0.1, 0.15) is 5.56 Å². The fraction of sp³-hybridized carbons (Fsp3) is 0.0769. The second kappa shape index (κ2) is 6.23. The Morgan fingerprint density at radius 3 is 2.40 bits per heavy atom. The third-order valence-electron chi connectivity index (χ3n) is 2.74. The number of halogens is 1. The van der Waals surface area contributed by atoms with Crippen LogP contribution in [-0.4, -0.2) is 8.42 Å². The molecule has 0 heterocycles. The largest absolute Gasteiger partial charge is 0.323 e. The van der Waals surface area contributed by atoms with Gasteiger partial charge >= 0.3 is 0 Å². The fourth-order valence-corrected chi connectivity index (χ4v) is 3.09. The van der Waals surface area contributed by atoms with Gasteiger partial charge in [0.1, 0.15) is 4.90 Å². The highest BCUT2D eigenvalue weighted by Gasteiger charge is 2.17. The van der Waals surface area contributed by atoms with E-state index in [2.05, 4.69) is 10.1 Å². The first-order valence-electron chi connectivity index (χ1n) is 5.83. The number of anilines is 1. The molecule has 0 atom stereocenters. The Labute approximate surface area is 122 Å². The zero-order chi connectivity index (χ0) is 14.6. The average Bonchev–Trinajstić information content (AvgIpc) is 2.46. The summed E-state index contributed by atoms with van der Waals surface area (Å²) in [5, 5.41) is 0.514. The highest BCUT2D eigenvalue weighted by Crippen LogP contribution is 2.20. The van der Waals surface area contributed by atoms with Crippen molar-refractivity contribution in [2.75, 3.05) is 5.43 Å². The Kier molecular flexibility index (Phi) is 4.61. The van der Waals surface area contributed by atoms with E-state index >= 15 is 0 Å². The minimum absolute atomic E-state index is 0.0922. The quantitative estimate of drug-likeness (QED) is 0.583. The first-order valence-corrected chi connectivity index (χ1v) is 7.69. The van der Waals surface area contributed by atoms with Gasteiger partial charge in [-0.25, -0.2) is 13.1 Å². The maximum absolute atomic E-state index is 12.2. The lowest BCUT2D eigenvalue weighted by Crippen LogP contribution is -2.25. The molecular formula is C13H14ClN3O2S. The molecule has 2 aromatic carbocycles. The molecule has 106 valence electrons. The lowest BCUT2D eigenvalue weighted by atomic mass is 10.2. The molecule has 2 aromatic rings. The van der Waals surface area contributed by atoms with E-state index < -0.39 is 10.0 Å². The van der Waals surface area contributed by atoms with Crippen LogP contribution in [0, 0.1) is 0 Å². The molecule has 0 aliphatic heterocycles. The van der Waals surface area contributed by atoms with Gasteiger partial charge in [-0.15, -0.1) is 0 Å². The summed E-state index contributed by atoms with van der Waals surface area (Å²) in [6.07, 6.45) is 0. The molecule has 0 fully saturated rings. The summed E-state index contributed by atoms with van der Waals surface area (Å²) < 4.78 is 27.0. The highest BCUT2D eigenvalue weighted by atomic mass is 35.5. The number of para-hydroxylation sites is 1. The molecule has 0 saturated heterocycles. The smallest absolute Gasteiger partial charge is 0.242 e. The number of sulfonamides is 1. The Balaban J connectivity index is 2.22. The maximum atomic E-state index is 12.2. The van der Waals surface area contributed by atoms with Crippen LogP contribution >= 0.6 is 11.6 Å². The molecule has 0 saturated carbocycles. The standard InChI is InChI=1S/C13H14ClN3O2S/c14-11-6-2-1-5-10(11)9-16-20(18,19)13-8-4-3-7-12(13)17-15/h1-8,16-17H,9,15H2. The van der Waals surface area contributed by atoms with Gasteiger partial charge < -0.3 is 5.43 Å². The van der Waals surface area contributed by atoms with Gasteiger partial charge in [-0.1, -0.05) is 41.9 Å². The minimum atomic E-state index is -3.67. The Hall–Kier alpha value is -1.60. The van der Waals surface area contributed by atoms with Gasteiger partial charge in [-0.05, 0) is 23.8 Å². The van der Waals surface area contributed by atoms with Crippen molar-refractivity contribution in [3.63, 3.8) is 0 Å². The van der Waals surface area contributed by atoms with E-state index in [0.29, 0.717) is 16.3 Å². The van der Waals surface area contributed by atoms with E-state index in [0.717, 1.165) is 0 Å². The fourth-order valence-electron chi connectivity index (χ4n) is 1.71. The van der Waals surface area contributed by atoms with Crippen LogP contribution in [-0.2, 0) is 16.6 Å². The van der Waals surface area contributed by atoms with Crippen LogP contribution in [0.5, 0.6) is 0 Å². The molecule has 0 unspecified atom stereocenters. The predicted molar refractivity (Wildman–Crippen MR) is 79.7 cm³/mol. The van der Waals surface area contributed by atoms with Crippen molar-refractivity contribution in [3.05, 3.63) is 59.1 Å². The number of hydrogen-bond acceptors (Lipinski definition) is 4. The van der Waals surface area contributed by atoms with Gasteiger partial charge in [0.25, 0.3) is 0 Å². The summed E-state index contributed by atoms with van der Waals surface area (Å²) in [4.78, 5) is 0.0922. The second-order valence-electron chi connectivity index (χ2n) is 4.06. The molecule has 2 rings (SSSR count). The van der Waals surface area contributed by atoms with Gasteiger partial charge in [-0.3, -0.25) is 5.84 Å². The average molecular weight is 312 g/mol. The molecule has 20 heavy (non-hydrogen) atoms. The van der Waals surface area contributed by atoms with Gasteiger partial charge in [0.2, 0.25) is 10.0 Å². The van der Waals surface area contributed by atoms with Crippen molar-refractivity contribution in [2.45, 2.75) is 11.4 Å². The third-order valence-corrected chi connectivity index (χ3v) is 4.57. The van der Waals surface area contributed by atoms with E-state index in [1.807, 2.05) is 0 Å². The zero-order valence-electron chi connectivity index (χ0n) is 10.5. The van der Waals surface area contributed by atoms with Crippen LogP contribution in [0.2, 0.25) is 5.02 Å². The summed E-state index contributed by atoms with van der Waals surface area (Å²) in [5.41, 5.74) is 3.40. The number of hydrazine groups is 1. The van der Waals surface area contributed by atoms with Gasteiger partial charge in [0.05, 0.1) is 5.69 Å². The van der Waals surface area contributed by atoms with E-state index in [9.17, 15) is 8.42 Å². The lowest BCUT2D eigenvalue weighted by Gasteiger charge is -2.11. The lowest BCUT2D eigenvalue weighted by molar-refractivity contribution is 0.581. The van der Waals surface area contributed by atoms with E-state index in [1.54, 1.807) is 42.5 Å². The number of benzene rings is 2. The number of hydrogen-bond donors (Lipinski definition) is 3. The van der Waals surface area contributed by atoms with Crippen molar-refractivity contribution in [1.29, 1.82) is 0 Å². The molecule has 0 amide bonds. The summed E-state index contributed by atoms with van der Waals surface area (Å²) in [7, 11) is -3.67. The molecule has 4 N–H and O–H groups in total. The minimum Gasteiger partial charge on any atom is -0.323 e. The molecule has 7 heteroatoms. The molecule has 0 aliphatic carbocycles. The zero-order valence-corrected chi connectivity index (χ0v) is 12.1. The van der Waals surface area contributed by atoms with E-state index in [-0.39, 0.29) is 11.4 Å². The maximum Gasteiger partial charge on any atom is 0.242 e. The van der Waals surface area contributed by atoms with Crippen LogP contribution in [0.25, 0.3) is 0 Å². The van der Waals surface area contributed by atoms with Crippen LogP contribution in [0.3, 0.4) is 0 Å². The number of rotatable bonds is 5. The third kappa shape index (κ3) is 3.29. The first kappa shape index (κ1) is 14.8. The molecule has 0 bridgehead atoms. The van der Waals surface area contributed by atoms with Crippen LogP contribution in [0.15, 0.2) is 53.4 Å². The van der Waals surface area contributed by atoms with Gasteiger partial charge in [0.15, 0.2) is 0 Å². The first-order chi connectivity index (χ1) is 9.54. The predicted octanol–water partition coefficient (Wildman–Crippen LogP) is 2.10. The van der Waals surface area contributed by atoms with Gasteiger partial charge in [-0.2, -0.15) is 0 Å². The van der Waals surface area contributed by atoms with E-state index in [4.69, 9.17) is 17.4 Å². The number of nitrogens with one attached hydrogen (secondary N) is 2. The molecule has 0 aliphatic rings. The van der Waals surface area contributed by atoms with Gasteiger partial charge in [0, 0.05) is 11.6 Å². The summed E-state index contributed by atoms with van der Waals surface area (Å²) in [6.45, 7) is 0.112. The van der Waals surface area contributed by atoms with Crippen molar-refractivity contribution in [3.8, 4) is 0 Å². The number of nitrogens with two attached hydrogens (primary N) is 1. The molecule has 0 aromatic heterocycles. The highest BCUT2D eigenvalue weighted by molar-refractivity contribution is 7.89. The topological polar surface area (TPSA) is 84.2 Å². The Morgan fingerprint density at radius 2 is 1.70 bits per heavy atom. The molecule has 5 nitrogen and oxygen atoms in total.